The molecule has 164 valence electrons. The van der Waals surface area contributed by atoms with E-state index in [2.05, 4.69) is 9.88 Å². The fraction of sp³-hybridized carbons (Fsp3) is 0.318. The number of nitrogens with zero attached hydrogens (tertiary/aromatic N) is 2. The van der Waals surface area contributed by atoms with Crippen molar-refractivity contribution < 1.29 is 23.9 Å². The van der Waals surface area contributed by atoms with E-state index in [9.17, 15) is 14.4 Å². The number of carbonyl (C=O) groups is 3. The number of aryl methyl sites for hydroxylation is 1. The monoisotopic (exact) mass is 443 g/mol. The van der Waals surface area contributed by atoms with E-state index in [0.717, 1.165) is 33.6 Å². The Morgan fingerprint density at radius 1 is 1.16 bits per heavy atom. The molecule has 1 aromatic heterocycles. The van der Waals surface area contributed by atoms with E-state index in [1.807, 2.05) is 19.9 Å². The van der Waals surface area contributed by atoms with E-state index in [4.69, 9.17) is 9.47 Å². The van der Waals surface area contributed by atoms with Gasteiger partial charge in [0.2, 0.25) is 5.91 Å². The summed E-state index contributed by atoms with van der Waals surface area (Å²) >= 11 is 0.840. The third kappa shape index (κ3) is 5.18. The molecular formula is C22H25N3O5S. The molecule has 1 saturated heterocycles. The molecule has 9 heteroatoms. The fourth-order valence-corrected chi connectivity index (χ4v) is 4.13. The number of carbonyl (C=O) groups excluding carboxylic acids is 3. The minimum atomic E-state index is -0.471. The maximum Gasteiger partial charge on any atom is 0.294 e. The van der Waals surface area contributed by atoms with Gasteiger partial charge in [-0.05, 0) is 67.6 Å². The third-order valence-electron chi connectivity index (χ3n) is 4.97. The first-order chi connectivity index (χ1) is 14.8. The van der Waals surface area contributed by atoms with Crippen LogP contribution in [0.3, 0.4) is 0 Å². The lowest BCUT2D eigenvalue weighted by molar-refractivity contribution is -0.127. The molecule has 1 N–H and O–H groups in total. The molecule has 1 aromatic carbocycles. The number of hydrogen-bond acceptors (Lipinski definition) is 6. The van der Waals surface area contributed by atoms with Crippen molar-refractivity contribution in [2.45, 2.75) is 20.4 Å². The lowest BCUT2D eigenvalue weighted by Gasteiger charge is -2.12. The summed E-state index contributed by atoms with van der Waals surface area (Å²) in [5, 5.41) is 2.22. The van der Waals surface area contributed by atoms with Gasteiger partial charge in [0, 0.05) is 30.7 Å². The van der Waals surface area contributed by atoms with E-state index < -0.39 is 17.1 Å². The summed E-state index contributed by atoms with van der Waals surface area (Å²) in [6, 6.07) is 8.76. The van der Waals surface area contributed by atoms with E-state index in [1.54, 1.807) is 44.6 Å². The molecule has 0 radical (unpaired) electrons. The molecule has 0 unspecified atom stereocenters. The minimum Gasteiger partial charge on any atom is -0.497 e. The van der Waals surface area contributed by atoms with Crippen LogP contribution in [0.5, 0.6) is 5.75 Å². The van der Waals surface area contributed by atoms with E-state index in [1.165, 1.54) is 0 Å². The molecule has 1 fully saturated rings. The van der Waals surface area contributed by atoms with Crippen LogP contribution in [0.4, 0.5) is 10.5 Å². The maximum absolute atomic E-state index is 12.8. The number of thioether (sulfide) groups is 1. The number of imide groups is 1. The molecule has 8 nitrogen and oxygen atoms in total. The number of anilines is 1. The number of rotatable bonds is 8. The quantitative estimate of drug-likeness (QED) is 0.629. The summed E-state index contributed by atoms with van der Waals surface area (Å²) in [7, 11) is 3.20. The number of aromatic nitrogens is 1. The van der Waals surface area contributed by atoms with Crippen LogP contribution in [0, 0.1) is 13.8 Å². The van der Waals surface area contributed by atoms with Crippen molar-refractivity contribution in [3.63, 3.8) is 0 Å². The first-order valence-corrected chi connectivity index (χ1v) is 10.5. The molecule has 3 rings (SSSR count). The van der Waals surface area contributed by atoms with Crippen LogP contribution in [0.1, 0.15) is 17.0 Å². The predicted octanol–water partition coefficient (Wildman–Crippen LogP) is 3.43. The summed E-state index contributed by atoms with van der Waals surface area (Å²) in [4.78, 5) is 38.7. The Kier molecular flexibility index (Phi) is 7.19. The zero-order valence-electron chi connectivity index (χ0n) is 17.9. The van der Waals surface area contributed by atoms with Gasteiger partial charge >= 0.3 is 0 Å². The SMILES string of the molecule is COCCn1c(C)cc(/C=C2/SC(=O)N(CC(=O)Nc3ccc(OC)cc3)C2=O)c1C. The van der Waals surface area contributed by atoms with Crippen molar-refractivity contribution in [2.24, 2.45) is 0 Å². The highest BCUT2D eigenvalue weighted by Crippen LogP contribution is 2.33. The van der Waals surface area contributed by atoms with Crippen molar-refractivity contribution in [3.05, 3.63) is 52.2 Å². The van der Waals surface area contributed by atoms with Crippen LogP contribution >= 0.6 is 11.8 Å². The highest BCUT2D eigenvalue weighted by Gasteiger charge is 2.36. The fourth-order valence-electron chi connectivity index (χ4n) is 3.30. The van der Waals surface area contributed by atoms with Crippen LogP contribution in [0.25, 0.3) is 6.08 Å². The van der Waals surface area contributed by atoms with E-state index in [-0.39, 0.29) is 6.54 Å². The van der Waals surface area contributed by atoms with Crippen LogP contribution in [-0.2, 0) is 20.9 Å². The van der Waals surface area contributed by atoms with Gasteiger partial charge in [-0.3, -0.25) is 19.3 Å². The number of methoxy groups -OCH3 is 2. The van der Waals surface area contributed by atoms with E-state index >= 15 is 0 Å². The number of nitrogens with one attached hydrogen (secondary N) is 1. The van der Waals surface area contributed by atoms with Crippen LogP contribution in [0.2, 0.25) is 0 Å². The summed E-state index contributed by atoms with van der Waals surface area (Å²) in [5.74, 6) is -0.260. The molecule has 2 heterocycles. The zero-order chi connectivity index (χ0) is 22.5. The first-order valence-electron chi connectivity index (χ1n) is 9.69. The average molecular weight is 444 g/mol. The number of hydrogen-bond donors (Lipinski definition) is 1. The molecule has 0 atom stereocenters. The van der Waals surface area contributed by atoms with Gasteiger partial charge in [0.15, 0.2) is 0 Å². The molecule has 2 aromatic rings. The van der Waals surface area contributed by atoms with E-state index in [0.29, 0.717) is 29.5 Å². The number of benzene rings is 1. The van der Waals surface area contributed by atoms with Crippen molar-refractivity contribution >= 4 is 40.6 Å². The Morgan fingerprint density at radius 3 is 2.52 bits per heavy atom. The highest BCUT2D eigenvalue weighted by atomic mass is 32.2. The highest BCUT2D eigenvalue weighted by molar-refractivity contribution is 8.18. The Morgan fingerprint density at radius 2 is 1.87 bits per heavy atom. The van der Waals surface area contributed by atoms with Gasteiger partial charge in [0.05, 0.1) is 18.6 Å². The second kappa shape index (κ2) is 9.84. The summed E-state index contributed by atoms with van der Waals surface area (Å²) in [6.45, 7) is 4.88. The smallest absolute Gasteiger partial charge is 0.294 e. The Balaban J connectivity index is 1.69. The maximum atomic E-state index is 12.8. The molecule has 3 amide bonds. The molecule has 1 aliphatic heterocycles. The van der Waals surface area contributed by atoms with Gasteiger partial charge in [-0.15, -0.1) is 0 Å². The third-order valence-corrected chi connectivity index (χ3v) is 5.87. The van der Waals surface area contributed by atoms with Gasteiger partial charge in [-0.25, -0.2) is 0 Å². The lowest BCUT2D eigenvalue weighted by atomic mass is 10.2. The summed E-state index contributed by atoms with van der Waals surface area (Å²) < 4.78 is 12.3. The van der Waals surface area contributed by atoms with Crippen molar-refractivity contribution in [3.8, 4) is 5.75 Å². The second-order valence-corrected chi connectivity index (χ2v) is 8.01. The molecular weight excluding hydrogens is 418 g/mol. The molecule has 31 heavy (non-hydrogen) atoms. The van der Waals surface area contributed by atoms with Crippen LogP contribution in [-0.4, -0.2) is 53.9 Å². The van der Waals surface area contributed by atoms with Crippen molar-refractivity contribution in [1.29, 1.82) is 0 Å². The van der Waals surface area contributed by atoms with Gasteiger partial charge in [-0.2, -0.15) is 0 Å². The molecule has 0 bridgehead atoms. The summed E-state index contributed by atoms with van der Waals surface area (Å²) in [6.07, 6.45) is 1.71. The Hall–Kier alpha value is -3.04. The average Bonchev–Trinajstić information content (AvgIpc) is 3.16. The lowest BCUT2D eigenvalue weighted by Crippen LogP contribution is -2.36. The van der Waals surface area contributed by atoms with Gasteiger partial charge in [-0.1, -0.05) is 0 Å². The molecule has 0 aliphatic carbocycles. The molecule has 0 saturated carbocycles. The van der Waals surface area contributed by atoms with Gasteiger partial charge in [0.1, 0.15) is 12.3 Å². The summed E-state index contributed by atoms with van der Waals surface area (Å²) in [5.41, 5.74) is 3.44. The second-order valence-electron chi connectivity index (χ2n) is 7.02. The number of ether oxygens (including phenoxy) is 2. The first kappa shape index (κ1) is 22.6. The molecule has 0 spiro atoms. The zero-order valence-corrected chi connectivity index (χ0v) is 18.7. The normalized spacial score (nSPS) is 15.1. The number of amides is 3. The van der Waals surface area contributed by atoms with Gasteiger partial charge in [0.25, 0.3) is 11.1 Å². The Labute approximate surface area is 185 Å². The largest absolute Gasteiger partial charge is 0.497 e. The van der Waals surface area contributed by atoms with Crippen LogP contribution < -0.4 is 10.1 Å². The van der Waals surface area contributed by atoms with Crippen molar-refractivity contribution in [2.75, 3.05) is 32.7 Å². The predicted molar refractivity (Wildman–Crippen MR) is 120 cm³/mol. The molecule has 1 aliphatic rings. The van der Waals surface area contributed by atoms with Crippen molar-refractivity contribution in [1.82, 2.24) is 9.47 Å². The topological polar surface area (TPSA) is 89.9 Å². The minimum absolute atomic E-state index is 0.300. The standard InChI is InChI=1S/C22H25N3O5S/c1-14-11-16(15(2)24(14)9-10-29-3)12-19-21(27)25(22(28)31-19)13-20(26)23-17-5-7-18(30-4)8-6-17/h5-8,11-12H,9-10,13H2,1-4H3,(H,23,26)/b19-12+. The van der Waals surface area contributed by atoms with Crippen LogP contribution in [0.15, 0.2) is 35.2 Å². The van der Waals surface area contributed by atoms with Gasteiger partial charge < -0.3 is 19.4 Å². The Bertz CT molecular complexity index is 1030.